The maximum Gasteiger partial charge on any atom is 0.276 e. The highest BCUT2D eigenvalue weighted by atomic mass is 19.1. The molecule has 7 heteroatoms. The molecule has 0 aliphatic carbocycles. The summed E-state index contributed by atoms with van der Waals surface area (Å²) < 4.78 is 19.8. The Morgan fingerprint density at radius 2 is 1.69 bits per heavy atom. The van der Waals surface area contributed by atoms with Crippen LogP contribution in [0.3, 0.4) is 0 Å². The van der Waals surface area contributed by atoms with Gasteiger partial charge in [0.2, 0.25) is 0 Å². The van der Waals surface area contributed by atoms with Gasteiger partial charge in [-0.15, -0.1) is 0 Å². The Hall–Kier alpha value is -4.52. The van der Waals surface area contributed by atoms with Crippen LogP contribution in [-0.2, 0) is 0 Å². The summed E-state index contributed by atoms with van der Waals surface area (Å²) in [5.74, 6) is 0.294. The van der Waals surface area contributed by atoms with Gasteiger partial charge in [-0.3, -0.25) is 14.9 Å². The maximum absolute atomic E-state index is 13.9. The molecule has 6 nitrogen and oxygen atoms in total. The summed E-state index contributed by atoms with van der Waals surface area (Å²) in [6, 6.07) is 22.9. The number of H-pyrrole nitrogens is 1. The van der Waals surface area contributed by atoms with Crippen LogP contribution in [0.4, 0.5) is 10.1 Å². The number of hydrogen-bond donors (Lipinski definition) is 2. The summed E-state index contributed by atoms with van der Waals surface area (Å²) in [6.45, 7) is 0. The molecule has 5 rings (SSSR count). The van der Waals surface area contributed by atoms with E-state index in [1.165, 1.54) is 12.1 Å². The number of benzene rings is 3. The first-order valence-electron chi connectivity index (χ1n) is 9.90. The minimum Gasteiger partial charge on any atom is -0.456 e. The van der Waals surface area contributed by atoms with Gasteiger partial charge < -0.3 is 10.1 Å². The van der Waals surface area contributed by atoms with E-state index in [9.17, 15) is 9.18 Å². The zero-order chi connectivity index (χ0) is 21.9. The number of nitrogens with zero attached hydrogens (tertiary/aromatic N) is 2. The molecule has 0 radical (unpaired) electrons. The molecule has 2 heterocycles. The first-order valence-corrected chi connectivity index (χ1v) is 9.90. The van der Waals surface area contributed by atoms with Crippen LogP contribution >= 0.6 is 0 Å². The highest BCUT2D eigenvalue weighted by molar-refractivity contribution is 6.11. The fourth-order valence-corrected chi connectivity index (χ4v) is 3.37. The Labute approximate surface area is 182 Å². The molecule has 2 aromatic heterocycles. The van der Waals surface area contributed by atoms with E-state index in [0.29, 0.717) is 22.4 Å². The molecule has 0 spiro atoms. The van der Waals surface area contributed by atoms with Crippen molar-refractivity contribution < 1.29 is 13.9 Å². The minimum absolute atomic E-state index is 0.0970. The molecule has 1 amide bonds. The number of aromatic nitrogens is 3. The predicted octanol–water partition coefficient (Wildman–Crippen LogP) is 5.81. The molecular formula is C25H17FN4O2. The van der Waals surface area contributed by atoms with Crippen molar-refractivity contribution in [3.63, 3.8) is 0 Å². The SMILES string of the molecule is O=C(Nc1ccccc1F)c1n[nH]c2ccc(-c3cncc(Oc4ccccc4)c3)cc12. The van der Waals surface area contributed by atoms with E-state index in [2.05, 4.69) is 20.5 Å². The van der Waals surface area contributed by atoms with Crippen LogP contribution in [0.15, 0.2) is 91.3 Å². The van der Waals surface area contributed by atoms with Gasteiger partial charge in [-0.05, 0) is 48.0 Å². The quantitative estimate of drug-likeness (QED) is 0.373. The van der Waals surface area contributed by atoms with Crippen LogP contribution in [0, 0.1) is 5.82 Å². The summed E-state index contributed by atoms with van der Waals surface area (Å²) in [6.07, 6.45) is 3.36. The molecule has 2 N–H and O–H groups in total. The van der Waals surface area contributed by atoms with Crippen LogP contribution in [0.5, 0.6) is 11.5 Å². The van der Waals surface area contributed by atoms with Crippen molar-refractivity contribution in [2.75, 3.05) is 5.32 Å². The number of carbonyl (C=O) groups is 1. The Balaban J connectivity index is 1.46. The second-order valence-corrected chi connectivity index (χ2v) is 7.09. The van der Waals surface area contributed by atoms with Gasteiger partial charge in [0.15, 0.2) is 5.69 Å². The van der Waals surface area contributed by atoms with Gasteiger partial charge in [0.25, 0.3) is 5.91 Å². The number of rotatable bonds is 5. The zero-order valence-corrected chi connectivity index (χ0v) is 16.7. The number of nitrogens with one attached hydrogen (secondary N) is 2. The first-order chi connectivity index (χ1) is 15.7. The van der Waals surface area contributed by atoms with E-state index < -0.39 is 11.7 Å². The highest BCUT2D eigenvalue weighted by Crippen LogP contribution is 2.29. The van der Waals surface area contributed by atoms with Gasteiger partial charge in [-0.1, -0.05) is 36.4 Å². The molecule has 0 unspecified atom stereocenters. The summed E-state index contributed by atoms with van der Waals surface area (Å²) in [4.78, 5) is 17.0. The minimum atomic E-state index is -0.511. The van der Waals surface area contributed by atoms with Gasteiger partial charge in [0.05, 0.1) is 17.4 Å². The van der Waals surface area contributed by atoms with Gasteiger partial charge in [-0.2, -0.15) is 5.10 Å². The van der Waals surface area contributed by atoms with Gasteiger partial charge in [0, 0.05) is 17.1 Å². The van der Waals surface area contributed by atoms with Crippen molar-refractivity contribution in [3.05, 3.63) is 103 Å². The lowest BCUT2D eigenvalue weighted by Crippen LogP contribution is -2.13. The van der Waals surface area contributed by atoms with Crippen molar-refractivity contribution in [1.82, 2.24) is 15.2 Å². The molecule has 3 aromatic carbocycles. The molecule has 0 atom stereocenters. The molecule has 0 aliphatic rings. The smallest absolute Gasteiger partial charge is 0.276 e. The van der Waals surface area contributed by atoms with E-state index in [1.807, 2.05) is 54.6 Å². The topological polar surface area (TPSA) is 79.9 Å². The number of amides is 1. The first kappa shape index (κ1) is 19.4. The van der Waals surface area contributed by atoms with Crippen LogP contribution in [0.1, 0.15) is 10.5 Å². The maximum atomic E-state index is 13.9. The van der Waals surface area contributed by atoms with E-state index in [4.69, 9.17) is 4.74 Å². The summed E-state index contributed by atoms with van der Waals surface area (Å²) in [7, 11) is 0. The number of aromatic amines is 1. The van der Waals surface area contributed by atoms with Gasteiger partial charge in [-0.25, -0.2) is 4.39 Å². The second kappa shape index (κ2) is 8.31. The summed E-state index contributed by atoms with van der Waals surface area (Å²) in [5.41, 5.74) is 2.62. The van der Waals surface area contributed by atoms with Crippen molar-refractivity contribution in [2.24, 2.45) is 0 Å². The van der Waals surface area contributed by atoms with E-state index in [-0.39, 0.29) is 11.4 Å². The van der Waals surface area contributed by atoms with E-state index >= 15 is 0 Å². The lowest BCUT2D eigenvalue weighted by molar-refractivity contribution is 0.102. The monoisotopic (exact) mass is 424 g/mol. The number of anilines is 1. The number of halogens is 1. The molecule has 156 valence electrons. The molecule has 5 aromatic rings. The Morgan fingerprint density at radius 3 is 2.53 bits per heavy atom. The van der Waals surface area contributed by atoms with Crippen LogP contribution < -0.4 is 10.1 Å². The average Bonchev–Trinajstić information content (AvgIpc) is 3.25. The Kier molecular flexibility index (Phi) is 5.05. The third kappa shape index (κ3) is 3.91. The van der Waals surface area contributed by atoms with Crippen molar-refractivity contribution in [1.29, 1.82) is 0 Å². The number of pyridine rings is 1. The van der Waals surface area contributed by atoms with E-state index in [1.54, 1.807) is 24.5 Å². The number of ether oxygens (including phenoxy) is 1. The third-order valence-corrected chi connectivity index (χ3v) is 4.93. The average molecular weight is 424 g/mol. The normalized spacial score (nSPS) is 10.8. The van der Waals surface area contributed by atoms with Crippen molar-refractivity contribution in [2.45, 2.75) is 0 Å². The third-order valence-electron chi connectivity index (χ3n) is 4.93. The highest BCUT2D eigenvalue weighted by Gasteiger charge is 2.16. The largest absolute Gasteiger partial charge is 0.456 e. The Morgan fingerprint density at radius 1 is 0.875 bits per heavy atom. The van der Waals surface area contributed by atoms with Crippen molar-refractivity contribution in [3.8, 4) is 22.6 Å². The number of para-hydroxylation sites is 2. The molecule has 32 heavy (non-hydrogen) atoms. The molecule has 0 saturated carbocycles. The van der Waals surface area contributed by atoms with Crippen molar-refractivity contribution >= 4 is 22.5 Å². The summed E-state index contributed by atoms with van der Waals surface area (Å²) >= 11 is 0. The number of carbonyl (C=O) groups excluding carboxylic acids is 1. The lowest BCUT2D eigenvalue weighted by Gasteiger charge is -2.08. The van der Waals surface area contributed by atoms with Gasteiger partial charge in [0.1, 0.15) is 17.3 Å². The molecule has 0 bridgehead atoms. The molecule has 0 fully saturated rings. The van der Waals surface area contributed by atoms with E-state index in [0.717, 1.165) is 11.1 Å². The molecule has 0 aliphatic heterocycles. The second-order valence-electron chi connectivity index (χ2n) is 7.09. The van der Waals surface area contributed by atoms with Crippen LogP contribution in [0.2, 0.25) is 0 Å². The zero-order valence-electron chi connectivity index (χ0n) is 16.7. The molecular weight excluding hydrogens is 407 g/mol. The summed E-state index contributed by atoms with van der Waals surface area (Å²) in [5, 5.41) is 10.2. The molecule has 0 saturated heterocycles. The van der Waals surface area contributed by atoms with Crippen LogP contribution in [-0.4, -0.2) is 21.1 Å². The lowest BCUT2D eigenvalue weighted by atomic mass is 10.0. The fourth-order valence-electron chi connectivity index (χ4n) is 3.37. The van der Waals surface area contributed by atoms with Gasteiger partial charge >= 0.3 is 0 Å². The fraction of sp³-hybridized carbons (Fsp3) is 0. The Bertz CT molecular complexity index is 1420. The number of fused-ring (bicyclic) bond motifs is 1. The predicted molar refractivity (Wildman–Crippen MR) is 120 cm³/mol. The standard InChI is InChI=1S/C25H17FN4O2/c26-21-8-4-5-9-23(21)28-25(31)24-20-13-16(10-11-22(20)29-30-24)17-12-19(15-27-14-17)32-18-6-2-1-3-7-18/h1-15H,(H,28,31)(H,29,30). The van der Waals surface area contributed by atoms with Crippen LogP contribution in [0.25, 0.3) is 22.0 Å². The number of hydrogen-bond acceptors (Lipinski definition) is 4.